The second-order valence-corrected chi connectivity index (χ2v) is 10.5. The van der Waals surface area contributed by atoms with Crippen molar-refractivity contribution in [2.75, 3.05) is 5.32 Å². The van der Waals surface area contributed by atoms with Crippen LogP contribution in [0.3, 0.4) is 0 Å². The first-order valence-corrected chi connectivity index (χ1v) is 12.2. The molecule has 0 saturated heterocycles. The minimum Gasteiger partial charge on any atom is -0.471 e. The van der Waals surface area contributed by atoms with Gasteiger partial charge in [0, 0.05) is 5.69 Å². The van der Waals surface area contributed by atoms with E-state index >= 15 is 0 Å². The number of urea groups is 1. The maximum absolute atomic E-state index is 13.2. The number of aromatic nitrogens is 2. The Labute approximate surface area is 176 Å². The minimum atomic E-state index is -3.48. The number of nitrogens with two attached hydrogens (primary N) is 1. The number of carbonyl (C=O) groups is 1. The van der Waals surface area contributed by atoms with E-state index < -0.39 is 15.9 Å². The zero-order valence-corrected chi connectivity index (χ0v) is 18.1. The molecule has 2 heterocycles. The molecule has 1 aromatic heterocycles. The van der Waals surface area contributed by atoms with E-state index in [-0.39, 0.29) is 16.9 Å². The van der Waals surface area contributed by atoms with Gasteiger partial charge in [0.1, 0.15) is 11.0 Å². The topological polar surface area (TPSA) is 112 Å². The summed E-state index contributed by atoms with van der Waals surface area (Å²) in [4.78, 5) is 13.0. The molecule has 9 heteroatoms. The number of hydrogen-bond acceptors (Lipinski definition) is 4. The van der Waals surface area contributed by atoms with Crippen molar-refractivity contribution in [2.24, 2.45) is 15.4 Å². The monoisotopic (exact) mass is 429 g/mol. The van der Waals surface area contributed by atoms with E-state index in [2.05, 4.69) is 20.8 Å². The number of aryl methyl sites for hydroxylation is 2. The molecule has 2 amide bonds. The number of ether oxygens (including phenoxy) is 1. The maximum atomic E-state index is 13.2. The average molecular weight is 430 g/mol. The van der Waals surface area contributed by atoms with Crippen LogP contribution in [0.15, 0.2) is 21.5 Å². The highest BCUT2D eigenvalue weighted by Crippen LogP contribution is 2.39. The van der Waals surface area contributed by atoms with Crippen LogP contribution in [0.1, 0.15) is 48.9 Å². The van der Waals surface area contributed by atoms with Crippen LogP contribution in [0.2, 0.25) is 0 Å². The third-order valence-electron chi connectivity index (χ3n) is 6.36. The van der Waals surface area contributed by atoms with Gasteiger partial charge in [-0.25, -0.2) is 18.8 Å². The van der Waals surface area contributed by atoms with Gasteiger partial charge in [-0.3, -0.25) is 0 Å². The van der Waals surface area contributed by atoms with Crippen LogP contribution in [-0.4, -0.2) is 26.1 Å². The van der Waals surface area contributed by atoms with Crippen LogP contribution in [0.4, 0.5) is 10.5 Å². The Balaban J connectivity index is 1.45. The van der Waals surface area contributed by atoms with E-state index in [0.29, 0.717) is 12.4 Å². The van der Waals surface area contributed by atoms with E-state index in [1.807, 2.05) is 13.8 Å². The molecule has 3 N–H and O–H groups in total. The zero-order chi connectivity index (χ0) is 21.0. The largest absolute Gasteiger partial charge is 0.471 e. The van der Waals surface area contributed by atoms with Gasteiger partial charge in [-0.1, -0.05) is 19.9 Å². The van der Waals surface area contributed by atoms with Crippen LogP contribution in [0, 0.1) is 5.92 Å². The lowest BCUT2D eigenvalue weighted by Gasteiger charge is -2.15. The molecule has 2 atom stereocenters. The van der Waals surface area contributed by atoms with Gasteiger partial charge in [0.2, 0.25) is 5.88 Å². The molecule has 0 saturated carbocycles. The summed E-state index contributed by atoms with van der Waals surface area (Å²) in [5.41, 5.74) is 5.86. The molecule has 0 unspecified atom stereocenters. The SMILES string of the molecule is CC(C)[C@H]1Cn2ncc([S@@](N)(=O)=NC(=O)Nc3c4c(cc5c3CCC5)CCC4)c2O1. The van der Waals surface area contributed by atoms with E-state index in [0.717, 1.165) is 44.2 Å². The Morgan fingerprint density at radius 3 is 2.57 bits per heavy atom. The van der Waals surface area contributed by atoms with Crippen molar-refractivity contribution in [3.05, 3.63) is 34.5 Å². The van der Waals surface area contributed by atoms with Gasteiger partial charge >= 0.3 is 6.03 Å². The Kier molecular flexibility index (Phi) is 4.62. The van der Waals surface area contributed by atoms with E-state index in [1.165, 1.54) is 28.5 Å². The van der Waals surface area contributed by atoms with Gasteiger partial charge < -0.3 is 10.1 Å². The lowest BCUT2D eigenvalue weighted by Crippen LogP contribution is -2.22. The number of amides is 2. The molecule has 0 bridgehead atoms. The van der Waals surface area contributed by atoms with E-state index in [1.54, 1.807) is 4.68 Å². The molecular formula is C21H27N5O3S. The summed E-state index contributed by atoms with van der Waals surface area (Å²) in [5, 5.41) is 13.2. The fourth-order valence-corrected chi connectivity index (χ4v) is 5.77. The lowest BCUT2D eigenvalue weighted by molar-refractivity contribution is 0.173. The van der Waals surface area contributed by atoms with Gasteiger partial charge in [-0.15, -0.1) is 4.36 Å². The predicted molar refractivity (Wildman–Crippen MR) is 114 cm³/mol. The summed E-state index contributed by atoms with van der Waals surface area (Å²) in [6, 6.07) is 1.61. The summed E-state index contributed by atoms with van der Waals surface area (Å²) in [7, 11) is -3.48. The molecule has 1 aromatic carbocycles. The van der Waals surface area contributed by atoms with Gasteiger partial charge in [-0.05, 0) is 66.7 Å². The van der Waals surface area contributed by atoms with Crippen LogP contribution in [0.25, 0.3) is 0 Å². The summed E-state index contributed by atoms with van der Waals surface area (Å²) >= 11 is 0. The molecule has 0 spiro atoms. The first-order chi connectivity index (χ1) is 14.3. The smallest absolute Gasteiger partial charge is 0.354 e. The van der Waals surface area contributed by atoms with Crippen LogP contribution in [-0.2, 0) is 42.1 Å². The highest BCUT2D eigenvalue weighted by atomic mass is 32.2. The Hall–Kier alpha value is -2.39. The number of fused-ring (bicyclic) bond motifs is 3. The molecule has 30 heavy (non-hydrogen) atoms. The second-order valence-electron chi connectivity index (χ2n) is 8.72. The predicted octanol–water partition coefficient (Wildman–Crippen LogP) is 3.21. The molecule has 2 aliphatic carbocycles. The first-order valence-electron chi connectivity index (χ1n) is 10.6. The second kappa shape index (κ2) is 7.09. The van der Waals surface area contributed by atoms with Crippen molar-refractivity contribution < 1.29 is 13.7 Å². The third kappa shape index (κ3) is 3.20. The van der Waals surface area contributed by atoms with Crippen LogP contribution < -0.4 is 15.2 Å². The van der Waals surface area contributed by atoms with Gasteiger partial charge in [0.25, 0.3) is 0 Å². The van der Waals surface area contributed by atoms with Crippen molar-refractivity contribution >= 4 is 21.6 Å². The fourth-order valence-electron chi connectivity index (χ4n) is 4.77. The molecule has 5 rings (SSSR count). The van der Waals surface area contributed by atoms with Gasteiger partial charge in [0.05, 0.1) is 12.7 Å². The van der Waals surface area contributed by atoms with Crippen molar-refractivity contribution in [3.8, 4) is 5.88 Å². The first kappa shape index (κ1) is 19.6. The molecule has 1 aliphatic heterocycles. The molecule has 3 aliphatic rings. The number of carbonyl (C=O) groups excluding carboxylic acids is 1. The Morgan fingerprint density at radius 2 is 1.93 bits per heavy atom. The standard InChI is InChI=1S/C21H27N5O3S/c1-12(2)17-11-26-20(29-17)18(10-23-26)30(22,28)25-21(27)24-19-15-7-3-5-13(15)9-14-6-4-8-16(14)19/h9-10,12,17H,3-8,11H2,1-2H3,(H3,22,24,25,27,28)/t17-,30+/m1/s1. The summed E-state index contributed by atoms with van der Waals surface area (Å²) < 4.78 is 24.6. The van der Waals surface area contributed by atoms with Crippen molar-refractivity contribution in [2.45, 2.75) is 69.9 Å². The summed E-state index contributed by atoms with van der Waals surface area (Å²) in [5.74, 6) is 0.620. The van der Waals surface area contributed by atoms with E-state index in [4.69, 9.17) is 9.88 Å². The third-order valence-corrected chi connectivity index (χ3v) is 7.70. The number of rotatable bonds is 3. The molecular weight excluding hydrogens is 402 g/mol. The normalized spacial score (nSPS) is 21.0. The molecule has 8 nitrogen and oxygen atoms in total. The molecule has 2 aromatic rings. The van der Waals surface area contributed by atoms with Crippen molar-refractivity contribution in [1.29, 1.82) is 0 Å². The quantitative estimate of drug-likeness (QED) is 0.780. The summed E-state index contributed by atoms with van der Waals surface area (Å²) in [6.07, 6.45) is 7.45. The fraction of sp³-hybridized carbons (Fsp3) is 0.524. The van der Waals surface area contributed by atoms with E-state index in [9.17, 15) is 9.00 Å². The number of anilines is 1. The van der Waals surface area contributed by atoms with Gasteiger partial charge in [-0.2, -0.15) is 5.10 Å². The number of nitrogens with one attached hydrogen (secondary N) is 1. The molecule has 0 fully saturated rings. The van der Waals surface area contributed by atoms with Gasteiger partial charge in [0.15, 0.2) is 9.92 Å². The molecule has 160 valence electrons. The average Bonchev–Trinajstić information content (AvgIpc) is 3.43. The van der Waals surface area contributed by atoms with Crippen molar-refractivity contribution in [1.82, 2.24) is 9.78 Å². The molecule has 0 radical (unpaired) electrons. The Morgan fingerprint density at radius 1 is 1.27 bits per heavy atom. The number of hydrogen-bond donors (Lipinski definition) is 2. The zero-order valence-electron chi connectivity index (χ0n) is 17.3. The van der Waals surface area contributed by atoms with Crippen LogP contribution in [0.5, 0.6) is 5.88 Å². The van der Waals surface area contributed by atoms with Crippen LogP contribution >= 0.6 is 0 Å². The summed E-state index contributed by atoms with van der Waals surface area (Å²) in [6.45, 7) is 4.66. The lowest BCUT2D eigenvalue weighted by atomic mass is 9.99. The van der Waals surface area contributed by atoms with Crippen molar-refractivity contribution in [3.63, 3.8) is 0 Å². The number of nitrogens with zero attached hydrogens (tertiary/aromatic N) is 3. The minimum absolute atomic E-state index is 0.0639. The highest BCUT2D eigenvalue weighted by Gasteiger charge is 2.32. The Bertz CT molecular complexity index is 1130. The highest BCUT2D eigenvalue weighted by molar-refractivity contribution is 7.91. The number of benzene rings is 1. The maximum Gasteiger partial charge on any atom is 0.354 e.